The van der Waals surface area contributed by atoms with Crippen LogP contribution in [-0.4, -0.2) is 77.6 Å². The number of rotatable bonds is 8. The minimum absolute atomic E-state index is 0.175. The molecule has 3 aliphatic rings. The summed E-state index contributed by atoms with van der Waals surface area (Å²) in [6, 6.07) is 11.7. The Kier molecular flexibility index (Phi) is 8.66. The van der Waals surface area contributed by atoms with Crippen molar-refractivity contribution in [1.29, 1.82) is 0 Å². The van der Waals surface area contributed by atoms with Gasteiger partial charge in [0.1, 0.15) is 0 Å². The minimum Gasteiger partial charge on any atom is -0.393 e. The van der Waals surface area contributed by atoms with Crippen LogP contribution < -0.4 is 5.43 Å². The Hall–Kier alpha value is -2.48. The van der Waals surface area contributed by atoms with E-state index in [0.29, 0.717) is 11.9 Å². The molecular formula is C31H46N6O. The molecule has 2 N–H and O–H groups in total. The number of nitrogens with one attached hydrogen (secondary N) is 1. The second-order valence-electron chi connectivity index (χ2n) is 11.9. The summed E-state index contributed by atoms with van der Waals surface area (Å²) in [7, 11) is 2.20. The average molecular weight is 519 g/mol. The van der Waals surface area contributed by atoms with Crippen molar-refractivity contribution in [3.63, 3.8) is 0 Å². The number of benzene rings is 1. The molecular weight excluding hydrogens is 472 g/mol. The summed E-state index contributed by atoms with van der Waals surface area (Å²) >= 11 is 0. The molecule has 0 radical (unpaired) electrons. The van der Waals surface area contributed by atoms with Crippen LogP contribution in [0.1, 0.15) is 74.7 Å². The Balaban J connectivity index is 1.38. The molecule has 1 aromatic carbocycles. The largest absolute Gasteiger partial charge is 0.393 e. The fraction of sp³-hybridized carbons (Fsp3) is 0.613. The highest BCUT2D eigenvalue weighted by molar-refractivity contribution is 5.91. The first-order valence-corrected chi connectivity index (χ1v) is 14.6. The topological polar surface area (TPSA) is 68.4 Å². The fourth-order valence-corrected chi connectivity index (χ4v) is 6.10. The van der Waals surface area contributed by atoms with E-state index in [4.69, 9.17) is 4.99 Å². The lowest BCUT2D eigenvalue weighted by molar-refractivity contribution is 0.121. The van der Waals surface area contributed by atoms with Crippen molar-refractivity contribution in [3.8, 4) is 11.1 Å². The first-order valence-electron chi connectivity index (χ1n) is 14.6. The first kappa shape index (κ1) is 27.1. The molecule has 2 aliphatic carbocycles. The number of hydrogen-bond donors (Lipinski definition) is 2. The fourth-order valence-electron chi connectivity index (χ4n) is 6.10. The predicted molar refractivity (Wildman–Crippen MR) is 158 cm³/mol. The molecule has 2 aromatic rings. The molecule has 206 valence electrons. The van der Waals surface area contributed by atoms with Crippen LogP contribution in [0.4, 0.5) is 0 Å². The number of likely N-dealkylation sites (N-methyl/N-ethyl adjacent to an activating group) is 1. The molecule has 1 saturated heterocycles. The molecule has 1 atom stereocenters. The third-order valence-corrected chi connectivity index (χ3v) is 8.73. The maximum atomic E-state index is 10.1. The molecule has 2 heterocycles. The standard InChI is InChI=1S/C31H46N6O/c1-22(19-24-5-6-24)33-31(32-3)34-37-23(2)29(20-30(37)27-11-13-28(38)14-12-27)26-9-7-25(8-10-26)21-36-17-15-35(4)16-18-36/h7-10,20,22,24,27-28,38H,3,5-6,11-19,21H2,1-2,4H3,(H,33,34)/t22-,27?,28?/m0/s1. The van der Waals surface area contributed by atoms with Gasteiger partial charge in [-0.3, -0.25) is 15.0 Å². The molecule has 0 bridgehead atoms. The molecule has 38 heavy (non-hydrogen) atoms. The Morgan fingerprint density at radius 1 is 1.05 bits per heavy atom. The number of nitrogens with zero attached hydrogens (tertiary/aromatic N) is 5. The van der Waals surface area contributed by atoms with Gasteiger partial charge in [0.15, 0.2) is 0 Å². The number of piperazine rings is 1. The van der Waals surface area contributed by atoms with Gasteiger partial charge in [0.2, 0.25) is 5.96 Å². The highest BCUT2D eigenvalue weighted by atomic mass is 16.3. The number of guanidine groups is 1. The molecule has 7 heteroatoms. The average Bonchev–Trinajstić information content (AvgIpc) is 3.68. The molecule has 2 saturated carbocycles. The maximum Gasteiger partial charge on any atom is 0.237 e. The number of aliphatic hydroxyl groups excluding tert-OH is 1. The number of aliphatic imine (C=N–C) groups is 2. The van der Waals surface area contributed by atoms with Crippen molar-refractivity contribution >= 4 is 12.7 Å². The highest BCUT2D eigenvalue weighted by Crippen LogP contribution is 2.38. The van der Waals surface area contributed by atoms with E-state index in [-0.39, 0.29) is 12.1 Å². The Bertz CT molecular complexity index is 1100. The maximum absolute atomic E-state index is 10.1. The van der Waals surface area contributed by atoms with Crippen LogP contribution >= 0.6 is 0 Å². The van der Waals surface area contributed by atoms with Crippen LogP contribution in [0.3, 0.4) is 0 Å². The lowest BCUT2D eigenvalue weighted by Crippen LogP contribution is -2.43. The molecule has 5 rings (SSSR count). The Morgan fingerprint density at radius 3 is 2.37 bits per heavy atom. The Morgan fingerprint density at radius 2 is 1.74 bits per heavy atom. The van der Waals surface area contributed by atoms with Crippen LogP contribution in [0.5, 0.6) is 0 Å². The summed E-state index contributed by atoms with van der Waals surface area (Å²) in [5, 5.41) is 10.1. The van der Waals surface area contributed by atoms with E-state index in [1.54, 1.807) is 0 Å². The van der Waals surface area contributed by atoms with Crippen molar-refractivity contribution < 1.29 is 5.11 Å². The van der Waals surface area contributed by atoms with Crippen molar-refractivity contribution in [2.24, 2.45) is 15.9 Å². The predicted octanol–water partition coefficient (Wildman–Crippen LogP) is 5.02. The summed E-state index contributed by atoms with van der Waals surface area (Å²) in [5.74, 6) is 1.80. The van der Waals surface area contributed by atoms with E-state index in [0.717, 1.165) is 76.4 Å². The summed E-state index contributed by atoms with van der Waals surface area (Å²) in [6.45, 7) is 13.7. The SMILES string of the molecule is C=NC(=N[C@@H](C)CC1CC1)Nn1c(C2CCC(O)CC2)cc(-c2ccc(CN3CCN(C)CC3)cc2)c1C. The Labute approximate surface area is 228 Å². The highest BCUT2D eigenvalue weighted by Gasteiger charge is 2.27. The molecule has 0 spiro atoms. The molecule has 7 nitrogen and oxygen atoms in total. The van der Waals surface area contributed by atoms with Crippen LogP contribution in [0.15, 0.2) is 40.3 Å². The monoisotopic (exact) mass is 518 g/mol. The van der Waals surface area contributed by atoms with Gasteiger partial charge in [-0.25, -0.2) is 9.98 Å². The first-order chi connectivity index (χ1) is 18.4. The van der Waals surface area contributed by atoms with E-state index in [2.05, 4.69) is 82.8 Å². The molecule has 3 fully saturated rings. The minimum atomic E-state index is -0.175. The lowest BCUT2D eigenvalue weighted by Gasteiger charge is -2.32. The third-order valence-electron chi connectivity index (χ3n) is 8.73. The van der Waals surface area contributed by atoms with Gasteiger partial charge < -0.3 is 10.0 Å². The van der Waals surface area contributed by atoms with Crippen LogP contribution in [0, 0.1) is 12.8 Å². The van der Waals surface area contributed by atoms with Crippen molar-refractivity contribution in [1.82, 2.24) is 14.5 Å². The smallest absolute Gasteiger partial charge is 0.237 e. The summed E-state index contributed by atoms with van der Waals surface area (Å²) < 4.78 is 2.19. The van der Waals surface area contributed by atoms with Crippen molar-refractivity contribution in [2.75, 3.05) is 38.7 Å². The third kappa shape index (κ3) is 6.74. The zero-order valence-electron chi connectivity index (χ0n) is 23.6. The van der Waals surface area contributed by atoms with E-state index in [1.165, 1.54) is 35.2 Å². The van der Waals surface area contributed by atoms with E-state index in [9.17, 15) is 5.11 Å². The lowest BCUT2D eigenvalue weighted by atomic mass is 9.85. The van der Waals surface area contributed by atoms with Gasteiger partial charge in [0.05, 0.1) is 12.1 Å². The number of hydrogen-bond acceptors (Lipinski definition) is 4. The van der Waals surface area contributed by atoms with Gasteiger partial charge in [0, 0.05) is 55.6 Å². The molecule has 1 aliphatic heterocycles. The normalized spacial score (nSPS) is 24.4. The van der Waals surface area contributed by atoms with Crippen LogP contribution in [-0.2, 0) is 6.54 Å². The van der Waals surface area contributed by atoms with Crippen molar-refractivity contribution in [2.45, 2.75) is 83.4 Å². The quantitative estimate of drug-likeness (QED) is 0.380. The van der Waals surface area contributed by atoms with Gasteiger partial charge in [-0.15, -0.1) is 0 Å². The van der Waals surface area contributed by atoms with Gasteiger partial charge in [-0.2, -0.15) is 0 Å². The van der Waals surface area contributed by atoms with Gasteiger partial charge in [-0.05, 0) is 82.8 Å². The van der Waals surface area contributed by atoms with E-state index < -0.39 is 0 Å². The second kappa shape index (κ2) is 12.1. The zero-order valence-corrected chi connectivity index (χ0v) is 23.6. The summed E-state index contributed by atoms with van der Waals surface area (Å²) in [6.07, 6.45) is 7.28. The number of aromatic nitrogens is 1. The second-order valence-corrected chi connectivity index (χ2v) is 11.9. The number of aliphatic hydroxyl groups is 1. The van der Waals surface area contributed by atoms with Gasteiger partial charge >= 0.3 is 0 Å². The summed E-state index contributed by atoms with van der Waals surface area (Å²) in [4.78, 5) is 14.1. The van der Waals surface area contributed by atoms with Crippen molar-refractivity contribution in [3.05, 3.63) is 47.3 Å². The van der Waals surface area contributed by atoms with Crippen LogP contribution in [0.2, 0.25) is 0 Å². The zero-order chi connectivity index (χ0) is 26.6. The summed E-state index contributed by atoms with van der Waals surface area (Å²) in [5.41, 5.74) is 9.76. The molecule has 0 unspecified atom stereocenters. The van der Waals surface area contributed by atoms with Gasteiger partial charge in [0.25, 0.3) is 0 Å². The molecule has 1 aromatic heterocycles. The van der Waals surface area contributed by atoms with E-state index >= 15 is 0 Å². The van der Waals surface area contributed by atoms with Crippen LogP contribution in [0.25, 0.3) is 11.1 Å². The van der Waals surface area contributed by atoms with Gasteiger partial charge in [-0.1, -0.05) is 37.1 Å². The van der Waals surface area contributed by atoms with E-state index in [1.807, 2.05) is 0 Å². The molecule has 0 amide bonds.